The lowest BCUT2D eigenvalue weighted by Gasteiger charge is -2.13. The molecule has 0 saturated carbocycles. The van der Waals surface area contributed by atoms with Gasteiger partial charge in [-0.1, -0.05) is 11.6 Å². The number of halogens is 1. The minimum Gasteiger partial charge on any atom is -0.346 e. The van der Waals surface area contributed by atoms with Gasteiger partial charge in [0, 0.05) is 24.5 Å². The predicted octanol–water partition coefficient (Wildman–Crippen LogP) is 1.59. The van der Waals surface area contributed by atoms with Crippen molar-refractivity contribution in [3.8, 4) is 0 Å². The van der Waals surface area contributed by atoms with E-state index in [4.69, 9.17) is 11.6 Å². The van der Waals surface area contributed by atoms with Gasteiger partial charge in [0.05, 0.1) is 0 Å². The normalized spacial score (nSPS) is 22.6. The Bertz CT molecular complexity index is 289. The number of hydrogen-bond acceptors (Lipinski definition) is 4. The SMILES string of the molecule is CNC1CCN(c2nc(Cl)cs2)C1. The molecule has 0 amide bonds. The highest BCUT2D eigenvalue weighted by Gasteiger charge is 2.22. The van der Waals surface area contributed by atoms with Crippen molar-refractivity contribution in [2.45, 2.75) is 12.5 Å². The first kappa shape index (κ1) is 9.24. The van der Waals surface area contributed by atoms with Gasteiger partial charge in [-0.3, -0.25) is 0 Å². The van der Waals surface area contributed by atoms with Crippen LogP contribution in [0.5, 0.6) is 0 Å². The van der Waals surface area contributed by atoms with Crippen LogP contribution in [0.2, 0.25) is 5.15 Å². The molecular formula is C8H12ClN3S. The molecule has 0 aromatic carbocycles. The van der Waals surface area contributed by atoms with Crippen LogP contribution in [0.4, 0.5) is 5.13 Å². The van der Waals surface area contributed by atoms with Crippen molar-refractivity contribution < 1.29 is 0 Å². The Morgan fingerprint density at radius 3 is 3.15 bits per heavy atom. The Hall–Kier alpha value is -0.320. The van der Waals surface area contributed by atoms with Gasteiger partial charge in [0.2, 0.25) is 0 Å². The zero-order chi connectivity index (χ0) is 9.26. The molecule has 1 aliphatic heterocycles. The van der Waals surface area contributed by atoms with E-state index in [0.717, 1.165) is 18.2 Å². The lowest BCUT2D eigenvalue weighted by Crippen LogP contribution is -2.29. The third-order valence-corrected chi connectivity index (χ3v) is 3.56. The van der Waals surface area contributed by atoms with Gasteiger partial charge in [0.15, 0.2) is 5.13 Å². The van der Waals surface area contributed by atoms with Crippen molar-refractivity contribution in [2.24, 2.45) is 0 Å². The van der Waals surface area contributed by atoms with Crippen LogP contribution in [0, 0.1) is 0 Å². The summed E-state index contributed by atoms with van der Waals surface area (Å²) in [4.78, 5) is 6.52. The number of anilines is 1. The van der Waals surface area contributed by atoms with E-state index in [-0.39, 0.29) is 0 Å². The number of nitrogens with one attached hydrogen (secondary N) is 1. The first-order chi connectivity index (χ1) is 6.29. The number of aromatic nitrogens is 1. The maximum absolute atomic E-state index is 5.77. The number of likely N-dealkylation sites (N-methyl/N-ethyl adjacent to an activating group) is 1. The van der Waals surface area contributed by atoms with Crippen molar-refractivity contribution in [2.75, 3.05) is 25.0 Å². The van der Waals surface area contributed by atoms with Crippen LogP contribution >= 0.6 is 22.9 Å². The van der Waals surface area contributed by atoms with Crippen LogP contribution in [-0.4, -0.2) is 31.2 Å². The standard InChI is InChI=1S/C8H12ClN3S/c1-10-6-2-3-12(4-6)8-11-7(9)5-13-8/h5-6,10H,2-4H2,1H3. The van der Waals surface area contributed by atoms with Crippen molar-refractivity contribution in [1.82, 2.24) is 10.3 Å². The van der Waals surface area contributed by atoms with E-state index in [1.54, 1.807) is 11.3 Å². The van der Waals surface area contributed by atoms with Crippen molar-refractivity contribution in [3.05, 3.63) is 10.5 Å². The fraction of sp³-hybridized carbons (Fsp3) is 0.625. The van der Waals surface area contributed by atoms with Crippen LogP contribution in [0.3, 0.4) is 0 Å². The maximum Gasteiger partial charge on any atom is 0.186 e. The van der Waals surface area contributed by atoms with Gasteiger partial charge in [-0.05, 0) is 13.5 Å². The molecular weight excluding hydrogens is 206 g/mol. The molecule has 0 spiro atoms. The van der Waals surface area contributed by atoms with E-state index in [9.17, 15) is 0 Å². The molecule has 13 heavy (non-hydrogen) atoms. The summed E-state index contributed by atoms with van der Waals surface area (Å²) in [5, 5.41) is 6.80. The van der Waals surface area contributed by atoms with E-state index >= 15 is 0 Å². The molecule has 2 rings (SSSR count). The number of hydrogen-bond donors (Lipinski definition) is 1. The zero-order valence-corrected chi connectivity index (χ0v) is 9.03. The predicted molar refractivity (Wildman–Crippen MR) is 56.8 cm³/mol. The topological polar surface area (TPSA) is 28.2 Å². The largest absolute Gasteiger partial charge is 0.346 e. The second-order valence-electron chi connectivity index (χ2n) is 3.17. The van der Waals surface area contributed by atoms with Gasteiger partial charge in [0.25, 0.3) is 0 Å². The Morgan fingerprint density at radius 2 is 2.62 bits per heavy atom. The molecule has 0 aliphatic carbocycles. The number of nitrogens with zero attached hydrogens (tertiary/aromatic N) is 2. The second-order valence-corrected chi connectivity index (χ2v) is 4.40. The Labute approximate surface area is 86.7 Å². The smallest absolute Gasteiger partial charge is 0.186 e. The van der Waals surface area contributed by atoms with Crippen molar-refractivity contribution >= 4 is 28.1 Å². The quantitative estimate of drug-likeness (QED) is 0.816. The molecule has 2 heterocycles. The highest BCUT2D eigenvalue weighted by Crippen LogP contribution is 2.26. The van der Waals surface area contributed by atoms with E-state index in [2.05, 4.69) is 15.2 Å². The molecule has 1 saturated heterocycles. The molecule has 1 aromatic rings. The van der Waals surface area contributed by atoms with Crippen molar-refractivity contribution in [1.29, 1.82) is 0 Å². The summed E-state index contributed by atoms with van der Waals surface area (Å²) in [6.07, 6.45) is 1.19. The van der Waals surface area contributed by atoms with Gasteiger partial charge in [0.1, 0.15) is 5.15 Å². The summed E-state index contributed by atoms with van der Waals surface area (Å²) in [6.45, 7) is 2.12. The summed E-state index contributed by atoms with van der Waals surface area (Å²) in [7, 11) is 2.00. The third kappa shape index (κ3) is 1.95. The first-order valence-corrected chi connectivity index (χ1v) is 5.58. The Balaban J connectivity index is 2.03. The molecule has 1 fully saturated rings. The summed E-state index contributed by atoms with van der Waals surface area (Å²) >= 11 is 7.38. The van der Waals surface area contributed by atoms with Gasteiger partial charge in [-0.25, -0.2) is 4.98 Å². The Morgan fingerprint density at radius 1 is 1.77 bits per heavy atom. The lowest BCUT2D eigenvalue weighted by atomic mass is 10.3. The van der Waals surface area contributed by atoms with Gasteiger partial charge < -0.3 is 10.2 Å². The molecule has 0 radical (unpaired) electrons. The fourth-order valence-corrected chi connectivity index (χ4v) is 2.55. The maximum atomic E-state index is 5.77. The number of thiazole rings is 1. The lowest BCUT2D eigenvalue weighted by molar-refractivity contribution is 0.617. The molecule has 72 valence electrons. The molecule has 1 atom stereocenters. The van der Waals surface area contributed by atoms with Gasteiger partial charge in [-0.2, -0.15) is 0 Å². The second kappa shape index (κ2) is 3.82. The van der Waals surface area contributed by atoms with Gasteiger partial charge in [-0.15, -0.1) is 11.3 Å². The van der Waals surface area contributed by atoms with Crippen LogP contribution in [0.25, 0.3) is 0 Å². The summed E-state index contributed by atoms with van der Waals surface area (Å²) in [5.74, 6) is 0. The van der Waals surface area contributed by atoms with Crippen LogP contribution < -0.4 is 10.2 Å². The summed E-state index contributed by atoms with van der Waals surface area (Å²) < 4.78 is 0. The highest BCUT2D eigenvalue weighted by atomic mass is 35.5. The van der Waals surface area contributed by atoms with Gasteiger partial charge >= 0.3 is 0 Å². The highest BCUT2D eigenvalue weighted by molar-refractivity contribution is 7.14. The van der Waals surface area contributed by atoms with Crippen LogP contribution in [0.1, 0.15) is 6.42 Å². The van der Waals surface area contributed by atoms with E-state index in [1.807, 2.05) is 12.4 Å². The zero-order valence-electron chi connectivity index (χ0n) is 7.46. The first-order valence-electron chi connectivity index (χ1n) is 4.33. The van der Waals surface area contributed by atoms with E-state index < -0.39 is 0 Å². The molecule has 1 unspecified atom stereocenters. The average molecular weight is 218 g/mol. The van der Waals surface area contributed by atoms with E-state index in [0.29, 0.717) is 11.2 Å². The third-order valence-electron chi connectivity index (χ3n) is 2.33. The average Bonchev–Trinajstić information content (AvgIpc) is 2.71. The van der Waals surface area contributed by atoms with Crippen LogP contribution in [0.15, 0.2) is 5.38 Å². The molecule has 0 bridgehead atoms. The monoisotopic (exact) mass is 217 g/mol. The summed E-state index contributed by atoms with van der Waals surface area (Å²) in [6, 6.07) is 0.600. The summed E-state index contributed by atoms with van der Waals surface area (Å²) in [5.41, 5.74) is 0. The Kier molecular flexibility index (Phi) is 2.71. The molecule has 1 N–H and O–H groups in total. The fourth-order valence-electron chi connectivity index (χ4n) is 1.56. The molecule has 5 heteroatoms. The van der Waals surface area contributed by atoms with E-state index in [1.165, 1.54) is 6.42 Å². The number of rotatable bonds is 2. The molecule has 1 aliphatic rings. The minimum absolute atomic E-state index is 0.600. The molecule has 1 aromatic heterocycles. The van der Waals surface area contributed by atoms with Crippen LogP contribution in [-0.2, 0) is 0 Å². The molecule has 3 nitrogen and oxygen atoms in total. The van der Waals surface area contributed by atoms with Crippen molar-refractivity contribution in [3.63, 3.8) is 0 Å². The minimum atomic E-state index is 0.600.